The van der Waals surface area contributed by atoms with Gasteiger partial charge in [0.1, 0.15) is 18.3 Å². The molecule has 1 aromatic rings. The van der Waals surface area contributed by atoms with Crippen LogP contribution >= 0.6 is 0 Å². The van der Waals surface area contributed by atoms with E-state index in [0.29, 0.717) is 18.8 Å². The molecule has 0 fully saturated rings. The fourth-order valence-electron chi connectivity index (χ4n) is 1.46. The highest BCUT2D eigenvalue weighted by molar-refractivity contribution is 5.71. The summed E-state index contributed by atoms with van der Waals surface area (Å²) in [6.07, 6.45) is 5.33. The van der Waals surface area contributed by atoms with Gasteiger partial charge in [0.05, 0.1) is 0 Å². The summed E-state index contributed by atoms with van der Waals surface area (Å²) in [5, 5.41) is 0. The van der Waals surface area contributed by atoms with Crippen LogP contribution in [0.5, 0.6) is 0 Å². The topological polar surface area (TPSA) is 15.6 Å². The molecule has 0 amide bonds. The number of hydrogen-bond donors (Lipinski definition) is 0. The quantitative estimate of drug-likeness (QED) is 0.728. The second-order valence-electron chi connectivity index (χ2n) is 3.34. The number of allylic oxidation sites excluding steroid dienone is 1. The van der Waals surface area contributed by atoms with Crippen LogP contribution < -0.4 is 0 Å². The predicted octanol–water partition coefficient (Wildman–Crippen LogP) is 2.32. The van der Waals surface area contributed by atoms with Crippen LogP contribution in [0.15, 0.2) is 35.5 Å². The Bertz CT molecular complexity index is 393. The van der Waals surface area contributed by atoms with Gasteiger partial charge in [0, 0.05) is 25.0 Å². The van der Waals surface area contributed by atoms with Gasteiger partial charge in [-0.05, 0) is 23.8 Å². The van der Waals surface area contributed by atoms with Crippen LogP contribution in [0.1, 0.15) is 5.56 Å². The van der Waals surface area contributed by atoms with Crippen LogP contribution in [0.25, 0.3) is 0 Å². The van der Waals surface area contributed by atoms with Crippen molar-refractivity contribution in [3.63, 3.8) is 0 Å². The summed E-state index contributed by atoms with van der Waals surface area (Å²) in [6.45, 7) is 0.983. The summed E-state index contributed by atoms with van der Waals surface area (Å²) in [5.74, 6) is -1.09. The maximum Gasteiger partial charge on any atom is 0.126 e. The van der Waals surface area contributed by atoms with Crippen molar-refractivity contribution in [1.29, 1.82) is 0 Å². The van der Waals surface area contributed by atoms with E-state index >= 15 is 0 Å². The third-order valence-corrected chi connectivity index (χ3v) is 2.06. The van der Waals surface area contributed by atoms with Gasteiger partial charge in [0.2, 0.25) is 0 Å². The SMILES string of the molecule is Fc1cc(F)cc(CN2C=CC=NC2)c1. The van der Waals surface area contributed by atoms with Crippen molar-refractivity contribution >= 4 is 6.21 Å². The minimum atomic E-state index is -0.547. The zero-order chi connectivity index (χ0) is 10.7. The Kier molecular flexibility index (Phi) is 2.76. The standard InChI is InChI=1S/C11H10F2N2/c12-10-4-9(5-11(13)6-10)7-15-3-1-2-14-8-15/h1-6H,7-8H2. The Morgan fingerprint density at radius 2 is 1.93 bits per heavy atom. The van der Waals surface area contributed by atoms with Gasteiger partial charge in [-0.3, -0.25) is 4.99 Å². The lowest BCUT2D eigenvalue weighted by atomic mass is 10.2. The van der Waals surface area contributed by atoms with E-state index < -0.39 is 11.6 Å². The molecule has 2 rings (SSSR count). The zero-order valence-electron chi connectivity index (χ0n) is 8.03. The molecule has 2 nitrogen and oxygen atoms in total. The Labute approximate surface area is 86.5 Å². The minimum absolute atomic E-state index is 0.461. The molecule has 15 heavy (non-hydrogen) atoms. The molecule has 1 aliphatic heterocycles. The van der Waals surface area contributed by atoms with Gasteiger partial charge in [-0.2, -0.15) is 0 Å². The summed E-state index contributed by atoms with van der Waals surface area (Å²) >= 11 is 0. The van der Waals surface area contributed by atoms with Gasteiger partial charge < -0.3 is 4.90 Å². The van der Waals surface area contributed by atoms with Gasteiger partial charge in [0.25, 0.3) is 0 Å². The third-order valence-electron chi connectivity index (χ3n) is 2.06. The van der Waals surface area contributed by atoms with Crippen LogP contribution in [-0.4, -0.2) is 17.8 Å². The largest absolute Gasteiger partial charge is 0.354 e. The van der Waals surface area contributed by atoms with Crippen molar-refractivity contribution in [2.45, 2.75) is 6.54 Å². The fraction of sp³-hybridized carbons (Fsp3) is 0.182. The van der Waals surface area contributed by atoms with E-state index in [9.17, 15) is 8.78 Å². The van der Waals surface area contributed by atoms with Gasteiger partial charge in [0.15, 0.2) is 0 Å². The second-order valence-corrected chi connectivity index (χ2v) is 3.34. The fourth-order valence-corrected chi connectivity index (χ4v) is 1.46. The lowest BCUT2D eigenvalue weighted by Crippen LogP contribution is -2.19. The average molecular weight is 208 g/mol. The minimum Gasteiger partial charge on any atom is -0.354 e. The maximum absolute atomic E-state index is 12.9. The van der Waals surface area contributed by atoms with E-state index in [4.69, 9.17) is 0 Å². The Hall–Kier alpha value is -1.71. The molecule has 1 aliphatic rings. The maximum atomic E-state index is 12.9. The van der Waals surface area contributed by atoms with Crippen molar-refractivity contribution in [3.8, 4) is 0 Å². The number of nitrogens with zero attached hydrogens (tertiary/aromatic N) is 2. The molecule has 0 radical (unpaired) electrons. The number of benzene rings is 1. The van der Waals surface area contributed by atoms with Gasteiger partial charge in [-0.25, -0.2) is 8.78 Å². The summed E-state index contributed by atoms with van der Waals surface area (Å²) in [7, 11) is 0. The molecule has 1 heterocycles. The van der Waals surface area contributed by atoms with Crippen molar-refractivity contribution in [1.82, 2.24) is 4.90 Å². The first-order valence-corrected chi connectivity index (χ1v) is 4.60. The summed E-state index contributed by atoms with van der Waals surface area (Å²) < 4.78 is 25.8. The molecule has 1 aromatic carbocycles. The Morgan fingerprint density at radius 1 is 1.20 bits per heavy atom. The van der Waals surface area contributed by atoms with Gasteiger partial charge in [-0.1, -0.05) is 0 Å². The number of rotatable bonds is 2. The van der Waals surface area contributed by atoms with Gasteiger partial charge >= 0.3 is 0 Å². The molecule has 78 valence electrons. The lowest BCUT2D eigenvalue weighted by Gasteiger charge is -2.19. The van der Waals surface area contributed by atoms with Crippen molar-refractivity contribution in [3.05, 3.63) is 47.7 Å². The van der Waals surface area contributed by atoms with Crippen LogP contribution in [0.2, 0.25) is 0 Å². The number of halogens is 2. The van der Waals surface area contributed by atoms with E-state index in [1.165, 1.54) is 12.1 Å². The van der Waals surface area contributed by atoms with E-state index in [1.54, 1.807) is 12.3 Å². The molecular weight excluding hydrogens is 198 g/mol. The van der Waals surface area contributed by atoms with Crippen molar-refractivity contribution in [2.24, 2.45) is 4.99 Å². The van der Waals surface area contributed by atoms with Crippen molar-refractivity contribution in [2.75, 3.05) is 6.67 Å². The predicted molar refractivity (Wildman–Crippen MR) is 54.4 cm³/mol. The zero-order valence-corrected chi connectivity index (χ0v) is 8.03. The molecule has 0 saturated heterocycles. The third kappa shape index (κ3) is 2.62. The van der Waals surface area contributed by atoms with E-state index in [-0.39, 0.29) is 0 Å². The molecule has 0 N–H and O–H groups in total. The number of hydrogen-bond acceptors (Lipinski definition) is 2. The summed E-state index contributed by atoms with van der Waals surface area (Å²) in [6, 6.07) is 3.53. The first-order valence-electron chi connectivity index (χ1n) is 4.60. The lowest BCUT2D eigenvalue weighted by molar-refractivity contribution is 0.377. The first kappa shape index (κ1) is 9.83. The molecule has 4 heteroatoms. The van der Waals surface area contributed by atoms with Crippen LogP contribution in [0.3, 0.4) is 0 Å². The van der Waals surface area contributed by atoms with Crippen LogP contribution in [0.4, 0.5) is 8.78 Å². The smallest absolute Gasteiger partial charge is 0.126 e. The highest BCUT2D eigenvalue weighted by Crippen LogP contribution is 2.11. The molecule has 0 bridgehead atoms. The Morgan fingerprint density at radius 3 is 2.53 bits per heavy atom. The van der Waals surface area contributed by atoms with Crippen LogP contribution in [-0.2, 0) is 6.54 Å². The second kappa shape index (κ2) is 4.21. The van der Waals surface area contributed by atoms with E-state index in [2.05, 4.69) is 4.99 Å². The first-order chi connectivity index (χ1) is 7.24. The van der Waals surface area contributed by atoms with E-state index in [1.807, 2.05) is 11.1 Å². The Balaban J connectivity index is 2.10. The normalized spacial score (nSPS) is 14.7. The molecule has 0 unspecified atom stereocenters. The average Bonchev–Trinajstić information content (AvgIpc) is 2.17. The number of aliphatic imine (C=N–C) groups is 1. The van der Waals surface area contributed by atoms with Crippen molar-refractivity contribution < 1.29 is 8.78 Å². The molecule has 0 atom stereocenters. The van der Waals surface area contributed by atoms with E-state index in [0.717, 1.165) is 6.07 Å². The highest BCUT2D eigenvalue weighted by atomic mass is 19.1. The molecule has 0 aromatic heterocycles. The summed E-state index contributed by atoms with van der Waals surface area (Å²) in [4.78, 5) is 5.90. The highest BCUT2D eigenvalue weighted by Gasteiger charge is 2.05. The van der Waals surface area contributed by atoms with Crippen LogP contribution in [0, 0.1) is 11.6 Å². The monoisotopic (exact) mass is 208 g/mol. The molecule has 0 saturated carbocycles. The molecule has 0 aliphatic carbocycles. The van der Waals surface area contributed by atoms with Gasteiger partial charge in [-0.15, -0.1) is 0 Å². The molecular formula is C11H10F2N2. The summed E-state index contributed by atoms with van der Waals surface area (Å²) in [5.41, 5.74) is 0.606. The molecule has 0 spiro atoms.